The van der Waals surface area contributed by atoms with Crippen LogP contribution < -0.4 is 0 Å². The van der Waals surface area contributed by atoms with Crippen LogP contribution in [0.5, 0.6) is 0 Å². The molecule has 0 aliphatic carbocycles. The van der Waals surface area contributed by atoms with Crippen molar-refractivity contribution in [1.82, 2.24) is 0 Å². The minimum absolute atomic E-state index is 0.455. The molecule has 0 saturated heterocycles. The summed E-state index contributed by atoms with van der Waals surface area (Å²) in [5.41, 5.74) is 1.70. The van der Waals surface area contributed by atoms with Crippen molar-refractivity contribution in [3.8, 4) is 0 Å². The number of hydrogen-bond acceptors (Lipinski definition) is 0. The van der Waals surface area contributed by atoms with E-state index >= 15 is 0 Å². The number of rotatable bonds is 0. The predicted octanol–water partition coefficient (Wildman–Crippen LogP) is 2.50. The smallest absolute Gasteiger partial charge is 0.0135 e. The van der Waals surface area contributed by atoms with Gasteiger partial charge in [0.25, 0.3) is 0 Å². The van der Waals surface area contributed by atoms with Gasteiger partial charge in [0.15, 0.2) is 0 Å². The van der Waals surface area contributed by atoms with Crippen molar-refractivity contribution in [3.63, 3.8) is 0 Å². The first-order chi connectivity index (χ1) is 4.15. The molecule has 0 aromatic heterocycles. The quantitative estimate of drug-likeness (QED) is 0.474. The lowest BCUT2D eigenvalue weighted by Gasteiger charge is -2.38. The summed E-state index contributed by atoms with van der Waals surface area (Å²) in [4.78, 5) is 0. The average molecular weight is 157 g/mol. The Morgan fingerprint density at radius 2 is 1.00 bits per heavy atom. The maximum Gasteiger partial charge on any atom is 0.0135 e. The van der Waals surface area contributed by atoms with Gasteiger partial charge in [-0.1, -0.05) is 41.5 Å². The summed E-state index contributed by atoms with van der Waals surface area (Å²) >= 11 is 0. The van der Waals surface area contributed by atoms with Gasteiger partial charge in [0, 0.05) is 10.2 Å². The summed E-state index contributed by atoms with van der Waals surface area (Å²) in [5, 5.41) is 0. The van der Waals surface area contributed by atoms with Crippen LogP contribution in [0.2, 0.25) is 5.54 Å². The second-order valence-corrected chi connectivity index (χ2v) is 6.10. The molecule has 0 N–H and O–H groups in total. The second kappa shape index (κ2) is 2.69. The van der Waals surface area contributed by atoms with Crippen molar-refractivity contribution in [2.45, 2.75) is 47.1 Å². The van der Waals surface area contributed by atoms with E-state index < -0.39 is 0 Å². The van der Waals surface area contributed by atoms with E-state index in [-0.39, 0.29) is 0 Å². The lowest BCUT2D eigenvalue weighted by molar-refractivity contribution is 0.235. The molecule has 0 aliphatic heterocycles. The average Bonchev–Trinajstić information content (AvgIpc) is 1.59. The fourth-order valence-electron chi connectivity index (χ4n) is 1.30. The Hall–Kier alpha value is 0.217. The van der Waals surface area contributed by atoms with Gasteiger partial charge in [-0.15, -0.1) is 0 Å². The topological polar surface area (TPSA) is 0 Å². The SMILES string of the molecule is CC(C)(C)C([SiH2])C(C)(C)C. The molecule has 0 aromatic carbocycles. The largest absolute Gasteiger partial charge is 0.0602 e. The van der Waals surface area contributed by atoms with Gasteiger partial charge in [-0.2, -0.15) is 0 Å². The zero-order chi connectivity index (χ0) is 8.58. The summed E-state index contributed by atoms with van der Waals surface area (Å²) in [6, 6.07) is 0. The fourth-order valence-corrected chi connectivity index (χ4v) is 1.30. The van der Waals surface area contributed by atoms with Crippen molar-refractivity contribution in [2.75, 3.05) is 0 Å². The van der Waals surface area contributed by atoms with Crippen LogP contribution >= 0.6 is 0 Å². The molecule has 0 nitrogen and oxygen atoms in total. The maximum atomic E-state index is 2.32. The molecule has 0 amide bonds. The Bertz CT molecular complexity index is 88.9. The highest BCUT2D eigenvalue weighted by Crippen LogP contribution is 2.42. The van der Waals surface area contributed by atoms with E-state index in [4.69, 9.17) is 0 Å². The summed E-state index contributed by atoms with van der Waals surface area (Å²) in [6.07, 6.45) is 0. The summed E-state index contributed by atoms with van der Waals surface area (Å²) in [6.45, 7) is 13.9. The predicted molar refractivity (Wildman–Crippen MR) is 51.2 cm³/mol. The Kier molecular flexibility index (Phi) is 2.75. The van der Waals surface area contributed by atoms with Crippen molar-refractivity contribution in [3.05, 3.63) is 0 Å². The molecule has 1 radical (unpaired) electrons. The summed E-state index contributed by atoms with van der Waals surface area (Å²) in [5.74, 6) is 0. The van der Waals surface area contributed by atoms with E-state index in [0.29, 0.717) is 10.8 Å². The van der Waals surface area contributed by atoms with E-state index in [0.717, 1.165) is 5.54 Å². The molecule has 0 rings (SSSR count). The molecule has 0 atom stereocenters. The molecule has 0 unspecified atom stereocenters. The van der Waals surface area contributed by atoms with Gasteiger partial charge in [-0.3, -0.25) is 0 Å². The van der Waals surface area contributed by atoms with Crippen LogP contribution in [0.25, 0.3) is 0 Å². The van der Waals surface area contributed by atoms with Crippen LogP contribution in [-0.4, -0.2) is 10.2 Å². The Morgan fingerprint density at radius 3 is 1.00 bits per heavy atom. The molecular weight excluding hydrogens is 136 g/mol. The van der Waals surface area contributed by atoms with E-state index in [1.807, 2.05) is 0 Å². The first-order valence-electron chi connectivity index (χ1n) is 3.99. The molecule has 0 heterocycles. The van der Waals surface area contributed by atoms with Crippen LogP contribution in [0.3, 0.4) is 0 Å². The van der Waals surface area contributed by atoms with Crippen LogP contribution in [0, 0.1) is 10.8 Å². The Balaban J connectivity index is 4.23. The van der Waals surface area contributed by atoms with Gasteiger partial charge in [-0.05, 0) is 16.4 Å². The second-order valence-electron chi connectivity index (χ2n) is 5.28. The maximum absolute atomic E-state index is 2.32. The van der Waals surface area contributed by atoms with Crippen molar-refractivity contribution >= 4 is 10.2 Å². The molecule has 0 fully saturated rings. The zero-order valence-corrected chi connectivity index (χ0v) is 9.70. The van der Waals surface area contributed by atoms with Crippen LogP contribution in [0.1, 0.15) is 41.5 Å². The van der Waals surface area contributed by atoms with Crippen molar-refractivity contribution in [1.29, 1.82) is 0 Å². The van der Waals surface area contributed by atoms with Gasteiger partial charge in [0.2, 0.25) is 0 Å². The van der Waals surface area contributed by atoms with Crippen LogP contribution in [0.4, 0.5) is 0 Å². The van der Waals surface area contributed by atoms with Crippen LogP contribution in [0.15, 0.2) is 0 Å². The third-order valence-corrected chi connectivity index (χ3v) is 4.54. The molecule has 1 heteroatoms. The van der Waals surface area contributed by atoms with Gasteiger partial charge in [0.1, 0.15) is 0 Å². The monoisotopic (exact) mass is 157 g/mol. The third-order valence-electron chi connectivity index (χ3n) is 2.09. The molecule has 0 aliphatic rings. The first-order valence-corrected chi connectivity index (χ1v) is 4.80. The molecule has 0 bridgehead atoms. The fraction of sp³-hybridized carbons (Fsp3) is 1.00. The van der Waals surface area contributed by atoms with E-state index in [1.54, 1.807) is 0 Å². The van der Waals surface area contributed by atoms with Crippen LogP contribution in [-0.2, 0) is 0 Å². The van der Waals surface area contributed by atoms with Gasteiger partial charge in [0.05, 0.1) is 0 Å². The highest BCUT2D eigenvalue weighted by Gasteiger charge is 2.30. The third kappa shape index (κ3) is 2.87. The van der Waals surface area contributed by atoms with Gasteiger partial charge < -0.3 is 0 Å². The van der Waals surface area contributed by atoms with Crippen molar-refractivity contribution in [2.24, 2.45) is 10.8 Å². The highest BCUT2D eigenvalue weighted by molar-refractivity contribution is 6.12. The lowest BCUT2D eigenvalue weighted by Crippen LogP contribution is -2.27. The van der Waals surface area contributed by atoms with Gasteiger partial charge >= 0.3 is 0 Å². The van der Waals surface area contributed by atoms with E-state index in [2.05, 4.69) is 51.8 Å². The molecule has 0 spiro atoms. The highest BCUT2D eigenvalue weighted by atomic mass is 28.1. The lowest BCUT2D eigenvalue weighted by atomic mass is 9.77. The zero-order valence-electron chi connectivity index (χ0n) is 8.28. The van der Waals surface area contributed by atoms with E-state index in [9.17, 15) is 0 Å². The van der Waals surface area contributed by atoms with Crippen molar-refractivity contribution < 1.29 is 0 Å². The molecule has 0 aromatic rings. The summed E-state index contributed by atoms with van der Waals surface area (Å²) < 4.78 is 0. The molecule has 61 valence electrons. The number of hydrogen-bond donors (Lipinski definition) is 0. The summed E-state index contributed by atoms with van der Waals surface area (Å²) in [7, 11) is 2.13. The molecular formula is C9H21Si. The van der Waals surface area contributed by atoms with E-state index in [1.165, 1.54) is 0 Å². The van der Waals surface area contributed by atoms with Gasteiger partial charge in [-0.25, -0.2) is 0 Å². The normalized spacial score (nSPS) is 14.4. The Labute approximate surface area is 68.8 Å². The molecule has 0 saturated carbocycles. The molecule has 10 heavy (non-hydrogen) atoms. The first kappa shape index (κ1) is 10.2. The minimum Gasteiger partial charge on any atom is -0.0602 e. The Morgan fingerprint density at radius 1 is 0.800 bits per heavy atom. The standard InChI is InChI=1S/C9H21Si/c1-8(2,3)7(10)9(4,5)6/h7H,10H2,1-6H3. The minimum atomic E-state index is 0.455.